The van der Waals surface area contributed by atoms with Gasteiger partial charge in [-0.2, -0.15) is 0 Å². The van der Waals surface area contributed by atoms with E-state index in [1.54, 1.807) is 0 Å². The van der Waals surface area contributed by atoms with Gasteiger partial charge in [-0.05, 0) is 26.7 Å². The Balaban J connectivity index is 2.02. The van der Waals surface area contributed by atoms with E-state index in [-0.39, 0.29) is 37.0 Å². The molecule has 2 bridgehead atoms. The Hall–Kier alpha value is -1.02. The first-order valence-electron chi connectivity index (χ1n) is 8.75. The molecule has 4 fully saturated rings. The molecule has 0 amide bonds. The molecule has 4 rings (SSSR count). The summed E-state index contributed by atoms with van der Waals surface area (Å²) in [5.41, 5.74) is -1.55. The number of hydrogen-bond donors (Lipinski definition) is 0. The summed E-state index contributed by atoms with van der Waals surface area (Å²) >= 11 is 0. The number of ether oxygens (including phenoxy) is 5. The number of carbonyl (C=O) groups excluding carboxylic acids is 2. The molecular weight excluding hydrogens is 328 g/mol. The molecule has 142 valence electrons. The van der Waals surface area contributed by atoms with E-state index >= 15 is 0 Å². The lowest BCUT2D eigenvalue weighted by molar-refractivity contribution is -0.245. The Morgan fingerprint density at radius 1 is 1.24 bits per heavy atom. The van der Waals surface area contributed by atoms with E-state index in [2.05, 4.69) is 0 Å². The van der Waals surface area contributed by atoms with Gasteiger partial charge < -0.3 is 23.7 Å². The third-order valence-corrected chi connectivity index (χ3v) is 6.18. The lowest BCUT2D eigenvalue weighted by Gasteiger charge is -2.59. The van der Waals surface area contributed by atoms with Crippen LogP contribution in [0.4, 0.5) is 0 Å². The second-order valence-corrected chi connectivity index (χ2v) is 8.03. The molecule has 0 radical (unpaired) electrons. The van der Waals surface area contributed by atoms with Crippen LogP contribution in [0.2, 0.25) is 0 Å². The van der Waals surface area contributed by atoms with Gasteiger partial charge in [0.2, 0.25) is 0 Å². The van der Waals surface area contributed by atoms with E-state index in [0.29, 0.717) is 19.4 Å². The summed E-state index contributed by atoms with van der Waals surface area (Å²) in [6.07, 6.45) is 1.10. The highest BCUT2D eigenvalue weighted by atomic mass is 16.7. The number of hydrogen-bond acceptors (Lipinski definition) is 7. The monoisotopic (exact) mass is 356 g/mol. The smallest absolute Gasteiger partial charge is 0.312 e. The number of Topliss-reactive ketones (excluding diaryl/α,β-unsaturated/α-hetero) is 1. The molecule has 0 aromatic heterocycles. The maximum Gasteiger partial charge on any atom is 0.312 e. The quantitative estimate of drug-likeness (QED) is 0.547. The van der Waals surface area contributed by atoms with Crippen LogP contribution in [-0.4, -0.2) is 56.9 Å². The van der Waals surface area contributed by atoms with Gasteiger partial charge in [-0.3, -0.25) is 9.59 Å². The van der Waals surface area contributed by atoms with Crippen molar-refractivity contribution in [2.75, 3.05) is 27.6 Å². The van der Waals surface area contributed by atoms with Crippen LogP contribution in [-0.2, 0) is 33.3 Å². The normalized spacial score (nSPS) is 42.6. The van der Waals surface area contributed by atoms with Crippen LogP contribution >= 0.6 is 0 Å². The van der Waals surface area contributed by atoms with E-state index in [1.807, 2.05) is 20.8 Å². The molecule has 3 aliphatic carbocycles. The Morgan fingerprint density at radius 2 is 1.96 bits per heavy atom. The second kappa shape index (κ2) is 6.30. The fraction of sp³-hybridized carbons (Fsp3) is 0.889. The predicted molar refractivity (Wildman–Crippen MR) is 86.6 cm³/mol. The lowest BCUT2D eigenvalue weighted by Crippen LogP contribution is -2.68. The predicted octanol–water partition coefficient (Wildman–Crippen LogP) is 1.68. The maximum absolute atomic E-state index is 13.0. The molecule has 5 atom stereocenters. The van der Waals surface area contributed by atoms with Crippen LogP contribution in [0.5, 0.6) is 0 Å². The number of methoxy groups -OCH3 is 2. The van der Waals surface area contributed by atoms with Crippen molar-refractivity contribution in [3.63, 3.8) is 0 Å². The number of fused-ring (bicyclic) bond motifs is 3. The first-order valence-corrected chi connectivity index (χ1v) is 8.75. The summed E-state index contributed by atoms with van der Waals surface area (Å²) in [5, 5.41) is 0. The van der Waals surface area contributed by atoms with Crippen molar-refractivity contribution in [2.24, 2.45) is 17.3 Å². The largest absolute Gasteiger partial charge is 0.469 e. The van der Waals surface area contributed by atoms with Crippen LogP contribution in [0.15, 0.2) is 0 Å². The minimum atomic E-state index is -0.904. The highest BCUT2D eigenvalue weighted by Crippen LogP contribution is 2.60. The first-order chi connectivity index (χ1) is 11.7. The molecule has 1 saturated heterocycles. The molecule has 3 saturated carbocycles. The van der Waals surface area contributed by atoms with Crippen molar-refractivity contribution in [1.82, 2.24) is 0 Å². The SMILES string of the molecule is COCO[C@]12CC[C@](C)(C(=O)C1)[C@@H]([C@H]1COC(C)(C)O1)[C@@H]2C(=O)OC. The van der Waals surface area contributed by atoms with E-state index in [4.69, 9.17) is 23.7 Å². The van der Waals surface area contributed by atoms with Crippen LogP contribution in [0.3, 0.4) is 0 Å². The number of ketones is 1. The molecule has 0 N–H and O–H groups in total. The molecule has 4 aliphatic rings. The Kier molecular flexibility index (Phi) is 4.73. The first kappa shape index (κ1) is 18.8. The standard InChI is InChI=1S/C18H28O7/c1-16(2)23-9-11(25-16)13-14(15(20)22-5)18(24-10-21-4)7-6-17(13,3)12(19)8-18/h11,13-14H,6-10H2,1-5H3/t11-,13+,14-,17-,18-/m1/s1. The number of esters is 1. The Bertz CT molecular complexity index is 556. The minimum absolute atomic E-state index is 0.0255. The third kappa shape index (κ3) is 2.91. The Morgan fingerprint density at radius 3 is 2.48 bits per heavy atom. The zero-order chi connectivity index (χ0) is 18.5. The molecule has 0 aromatic rings. The van der Waals surface area contributed by atoms with Gasteiger partial charge in [0, 0.05) is 24.9 Å². The lowest BCUT2D eigenvalue weighted by atomic mass is 9.47. The highest BCUT2D eigenvalue weighted by molar-refractivity contribution is 5.91. The van der Waals surface area contributed by atoms with E-state index < -0.39 is 22.7 Å². The number of carbonyl (C=O) groups is 2. The zero-order valence-corrected chi connectivity index (χ0v) is 15.6. The molecule has 0 spiro atoms. The van der Waals surface area contributed by atoms with Crippen molar-refractivity contribution < 1.29 is 33.3 Å². The van der Waals surface area contributed by atoms with Crippen LogP contribution < -0.4 is 0 Å². The molecule has 0 aromatic carbocycles. The van der Waals surface area contributed by atoms with E-state index in [0.717, 1.165) is 0 Å². The highest BCUT2D eigenvalue weighted by Gasteiger charge is 2.68. The summed E-state index contributed by atoms with van der Waals surface area (Å²) in [7, 11) is 2.89. The van der Waals surface area contributed by atoms with Gasteiger partial charge in [-0.25, -0.2) is 0 Å². The van der Waals surface area contributed by atoms with E-state index in [1.165, 1.54) is 14.2 Å². The average Bonchev–Trinajstić information content (AvgIpc) is 2.92. The van der Waals surface area contributed by atoms with E-state index in [9.17, 15) is 9.59 Å². The molecule has 0 unspecified atom stereocenters. The summed E-state index contributed by atoms with van der Waals surface area (Å²) in [4.78, 5) is 25.7. The molecule has 1 aliphatic heterocycles. The van der Waals surface area contributed by atoms with Crippen LogP contribution in [0.1, 0.15) is 40.0 Å². The Labute approximate surface area is 148 Å². The van der Waals surface area contributed by atoms with Crippen molar-refractivity contribution >= 4 is 11.8 Å². The fourth-order valence-corrected chi connectivity index (χ4v) is 4.88. The minimum Gasteiger partial charge on any atom is -0.469 e. The summed E-state index contributed by atoms with van der Waals surface area (Å²) in [6, 6.07) is 0. The van der Waals surface area contributed by atoms with Crippen LogP contribution in [0.25, 0.3) is 0 Å². The molecular formula is C18H28O7. The van der Waals surface area contributed by atoms with Gasteiger partial charge in [0.1, 0.15) is 12.6 Å². The van der Waals surface area contributed by atoms with Gasteiger partial charge in [0.25, 0.3) is 0 Å². The maximum atomic E-state index is 13.0. The summed E-state index contributed by atoms with van der Waals surface area (Å²) in [5.74, 6) is -1.94. The third-order valence-electron chi connectivity index (χ3n) is 6.18. The molecule has 25 heavy (non-hydrogen) atoms. The summed E-state index contributed by atoms with van der Waals surface area (Å²) < 4.78 is 27.9. The van der Waals surface area contributed by atoms with Gasteiger partial charge in [0.05, 0.1) is 31.3 Å². The van der Waals surface area contributed by atoms with Crippen molar-refractivity contribution in [2.45, 2.75) is 57.5 Å². The van der Waals surface area contributed by atoms with Gasteiger partial charge in [-0.15, -0.1) is 0 Å². The van der Waals surface area contributed by atoms with Crippen molar-refractivity contribution in [3.8, 4) is 0 Å². The van der Waals surface area contributed by atoms with Gasteiger partial charge >= 0.3 is 5.97 Å². The molecule has 7 nitrogen and oxygen atoms in total. The summed E-state index contributed by atoms with van der Waals surface area (Å²) in [6.45, 7) is 5.97. The van der Waals surface area contributed by atoms with Crippen molar-refractivity contribution in [1.29, 1.82) is 0 Å². The van der Waals surface area contributed by atoms with Crippen molar-refractivity contribution in [3.05, 3.63) is 0 Å². The fourth-order valence-electron chi connectivity index (χ4n) is 4.88. The molecule has 1 heterocycles. The number of rotatable bonds is 5. The van der Waals surface area contributed by atoms with Crippen LogP contribution in [0, 0.1) is 17.3 Å². The average molecular weight is 356 g/mol. The van der Waals surface area contributed by atoms with Gasteiger partial charge in [0.15, 0.2) is 5.79 Å². The second-order valence-electron chi connectivity index (χ2n) is 8.03. The topological polar surface area (TPSA) is 80.3 Å². The zero-order valence-electron chi connectivity index (χ0n) is 15.6. The van der Waals surface area contributed by atoms with Gasteiger partial charge in [-0.1, -0.05) is 6.92 Å². The molecule has 7 heteroatoms.